The molecule has 19 heavy (non-hydrogen) atoms. The van der Waals surface area contributed by atoms with Gasteiger partial charge in [0.15, 0.2) is 5.25 Å². The first-order valence-corrected chi connectivity index (χ1v) is 7.74. The number of hydrogen-bond acceptors (Lipinski definition) is 5. The topological polar surface area (TPSA) is 99.5 Å². The third-order valence-electron chi connectivity index (χ3n) is 2.92. The number of nitrogens with zero attached hydrogens (tertiary/aromatic N) is 2. The van der Waals surface area contributed by atoms with E-state index < -0.39 is 21.3 Å². The summed E-state index contributed by atoms with van der Waals surface area (Å²) in [4.78, 5) is 13.6. The summed E-state index contributed by atoms with van der Waals surface area (Å²) < 4.78 is 31.1. The van der Waals surface area contributed by atoms with Gasteiger partial charge in [0.05, 0.1) is 25.3 Å². The van der Waals surface area contributed by atoms with Gasteiger partial charge < -0.3 is 9.64 Å². The lowest BCUT2D eigenvalue weighted by Gasteiger charge is -2.29. The van der Waals surface area contributed by atoms with Crippen LogP contribution in [-0.4, -0.2) is 56.8 Å². The fourth-order valence-corrected chi connectivity index (χ4v) is 3.15. The molecule has 7 nitrogen and oxygen atoms in total. The molecule has 0 aliphatic carbocycles. The molecule has 0 aromatic heterocycles. The Kier molecular flexibility index (Phi) is 5.72. The zero-order valence-electron chi connectivity index (χ0n) is 11.1. The molecule has 0 aromatic carbocycles. The van der Waals surface area contributed by atoms with Crippen LogP contribution in [0.5, 0.6) is 0 Å². The number of nitriles is 1. The van der Waals surface area contributed by atoms with Crippen LogP contribution in [0.4, 0.5) is 0 Å². The van der Waals surface area contributed by atoms with Gasteiger partial charge in [-0.1, -0.05) is 6.92 Å². The van der Waals surface area contributed by atoms with Crippen LogP contribution in [0.25, 0.3) is 0 Å². The molecule has 2 atom stereocenters. The second-order valence-electron chi connectivity index (χ2n) is 4.35. The molecule has 1 aliphatic heterocycles. The van der Waals surface area contributed by atoms with E-state index in [-0.39, 0.29) is 12.3 Å². The van der Waals surface area contributed by atoms with Gasteiger partial charge in [0.1, 0.15) is 0 Å². The van der Waals surface area contributed by atoms with E-state index in [0.29, 0.717) is 26.3 Å². The van der Waals surface area contributed by atoms with Gasteiger partial charge in [0.25, 0.3) is 0 Å². The number of hydrogen-bond donors (Lipinski definition) is 1. The quantitative estimate of drug-likeness (QED) is 0.732. The molecule has 1 fully saturated rings. The monoisotopic (exact) mass is 289 g/mol. The molecule has 1 amide bonds. The summed E-state index contributed by atoms with van der Waals surface area (Å²) >= 11 is 0. The molecule has 1 aliphatic rings. The van der Waals surface area contributed by atoms with Crippen molar-refractivity contribution in [2.45, 2.75) is 31.6 Å². The molecule has 2 unspecified atom stereocenters. The molecule has 1 N–H and O–H groups in total. The number of amides is 1. The maximum absolute atomic E-state index is 12.0. The summed E-state index contributed by atoms with van der Waals surface area (Å²) in [6.45, 7) is 4.93. The second-order valence-corrected chi connectivity index (χ2v) is 6.24. The van der Waals surface area contributed by atoms with Crippen LogP contribution >= 0.6 is 0 Å². The first-order valence-electron chi connectivity index (χ1n) is 6.19. The normalized spacial score (nSPS) is 19.5. The first-order chi connectivity index (χ1) is 8.92. The number of nitrogens with one attached hydrogen (secondary N) is 1. The van der Waals surface area contributed by atoms with E-state index in [0.717, 1.165) is 0 Å². The fraction of sp³-hybridized carbons (Fsp3) is 0.818. The molecule has 0 bridgehead atoms. The third kappa shape index (κ3) is 4.16. The Balaban J connectivity index is 2.65. The van der Waals surface area contributed by atoms with E-state index in [1.807, 2.05) is 0 Å². The van der Waals surface area contributed by atoms with Gasteiger partial charge in [-0.25, -0.2) is 13.1 Å². The van der Waals surface area contributed by atoms with Crippen LogP contribution < -0.4 is 4.72 Å². The van der Waals surface area contributed by atoms with Gasteiger partial charge in [-0.3, -0.25) is 4.79 Å². The van der Waals surface area contributed by atoms with Crippen molar-refractivity contribution in [3.8, 4) is 6.07 Å². The number of sulfonamides is 1. The number of morpholine rings is 1. The van der Waals surface area contributed by atoms with Gasteiger partial charge in [0.2, 0.25) is 15.9 Å². The van der Waals surface area contributed by atoms with Gasteiger partial charge in [-0.2, -0.15) is 5.26 Å². The predicted molar refractivity (Wildman–Crippen MR) is 68.6 cm³/mol. The summed E-state index contributed by atoms with van der Waals surface area (Å²) in [6, 6.07) is 0.851. The van der Waals surface area contributed by atoms with Crippen molar-refractivity contribution in [3.05, 3.63) is 0 Å². The maximum Gasteiger partial charge on any atom is 0.240 e. The second kappa shape index (κ2) is 6.84. The first kappa shape index (κ1) is 15.9. The molecule has 1 rings (SSSR count). The van der Waals surface area contributed by atoms with Gasteiger partial charge in [-0.05, 0) is 13.3 Å². The molecule has 8 heteroatoms. The Hall–Kier alpha value is -1.17. The molecule has 0 spiro atoms. The number of ether oxygens (including phenoxy) is 1. The minimum absolute atomic E-state index is 0.185. The Labute approximate surface area is 113 Å². The van der Waals surface area contributed by atoms with Crippen molar-refractivity contribution in [1.82, 2.24) is 9.62 Å². The van der Waals surface area contributed by atoms with E-state index >= 15 is 0 Å². The van der Waals surface area contributed by atoms with Crippen molar-refractivity contribution in [1.29, 1.82) is 5.26 Å². The highest BCUT2D eigenvalue weighted by Gasteiger charge is 2.30. The molecular formula is C11H19N3O4S. The Morgan fingerprint density at radius 3 is 2.53 bits per heavy atom. The minimum Gasteiger partial charge on any atom is -0.378 e. The minimum atomic E-state index is -3.80. The summed E-state index contributed by atoms with van der Waals surface area (Å²) in [6.07, 6.45) is 0.185. The SMILES string of the molecule is CCC(C#N)S(=O)(=O)NC(C)C(=O)N1CCOCC1. The lowest BCUT2D eigenvalue weighted by Crippen LogP contribution is -2.51. The lowest BCUT2D eigenvalue weighted by molar-refractivity contribution is -0.136. The lowest BCUT2D eigenvalue weighted by atomic mass is 10.3. The summed E-state index contributed by atoms with van der Waals surface area (Å²) in [7, 11) is -3.80. The highest BCUT2D eigenvalue weighted by molar-refractivity contribution is 7.90. The number of rotatable bonds is 5. The number of carbonyl (C=O) groups excluding carboxylic acids is 1. The summed E-state index contributed by atoms with van der Waals surface area (Å²) in [5.41, 5.74) is 0. The molecule has 1 saturated heterocycles. The fourth-order valence-electron chi connectivity index (χ4n) is 1.82. The van der Waals surface area contributed by atoms with Crippen LogP contribution in [0.2, 0.25) is 0 Å². The van der Waals surface area contributed by atoms with Crippen molar-refractivity contribution < 1.29 is 17.9 Å². The van der Waals surface area contributed by atoms with E-state index in [2.05, 4.69) is 4.72 Å². The van der Waals surface area contributed by atoms with Crippen LogP contribution in [-0.2, 0) is 19.6 Å². The molecule has 108 valence electrons. The average molecular weight is 289 g/mol. The average Bonchev–Trinajstić information content (AvgIpc) is 2.39. The van der Waals surface area contributed by atoms with E-state index in [1.54, 1.807) is 17.9 Å². The van der Waals surface area contributed by atoms with Gasteiger partial charge in [0, 0.05) is 13.1 Å². The van der Waals surface area contributed by atoms with Crippen molar-refractivity contribution in [3.63, 3.8) is 0 Å². The molecular weight excluding hydrogens is 270 g/mol. The molecule has 0 saturated carbocycles. The maximum atomic E-state index is 12.0. The van der Waals surface area contributed by atoms with Crippen LogP contribution in [0.3, 0.4) is 0 Å². The highest BCUT2D eigenvalue weighted by Crippen LogP contribution is 2.06. The van der Waals surface area contributed by atoms with E-state index in [9.17, 15) is 13.2 Å². The van der Waals surface area contributed by atoms with Crippen LogP contribution in [0, 0.1) is 11.3 Å². The van der Waals surface area contributed by atoms with Crippen LogP contribution in [0.15, 0.2) is 0 Å². The Morgan fingerprint density at radius 1 is 1.47 bits per heavy atom. The van der Waals surface area contributed by atoms with Crippen molar-refractivity contribution in [2.24, 2.45) is 0 Å². The predicted octanol–water partition coefficient (Wildman–Crippen LogP) is -0.545. The third-order valence-corrected chi connectivity index (χ3v) is 4.79. The van der Waals surface area contributed by atoms with E-state index in [4.69, 9.17) is 10.00 Å². The smallest absolute Gasteiger partial charge is 0.240 e. The Morgan fingerprint density at radius 2 is 2.05 bits per heavy atom. The molecule has 0 aromatic rings. The summed E-state index contributed by atoms with van der Waals surface area (Å²) in [5, 5.41) is 7.65. The van der Waals surface area contributed by atoms with Crippen molar-refractivity contribution >= 4 is 15.9 Å². The zero-order chi connectivity index (χ0) is 14.5. The molecule has 0 radical (unpaired) electrons. The standard InChI is InChI=1S/C11H19N3O4S/c1-3-10(8-12)19(16,17)13-9(2)11(15)14-4-6-18-7-5-14/h9-10,13H,3-7H2,1-2H3. The largest absolute Gasteiger partial charge is 0.378 e. The van der Waals surface area contributed by atoms with Gasteiger partial charge >= 0.3 is 0 Å². The van der Waals surface area contributed by atoms with E-state index in [1.165, 1.54) is 6.92 Å². The Bertz CT molecular complexity index is 451. The zero-order valence-corrected chi connectivity index (χ0v) is 11.9. The molecule has 1 heterocycles. The van der Waals surface area contributed by atoms with Gasteiger partial charge in [-0.15, -0.1) is 0 Å². The van der Waals surface area contributed by atoms with Crippen molar-refractivity contribution in [2.75, 3.05) is 26.3 Å². The highest BCUT2D eigenvalue weighted by atomic mass is 32.2. The summed E-state index contributed by atoms with van der Waals surface area (Å²) in [5.74, 6) is -0.292. The van der Waals surface area contributed by atoms with Crippen LogP contribution in [0.1, 0.15) is 20.3 Å². The number of carbonyl (C=O) groups is 1.